The van der Waals surface area contributed by atoms with Crippen LogP contribution in [0.2, 0.25) is 18.6 Å². The van der Waals surface area contributed by atoms with Crippen LogP contribution in [-0.2, 0) is 19.9 Å². The van der Waals surface area contributed by atoms with Gasteiger partial charge in [0.25, 0.3) is 5.91 Å². The lowest BCUT2D eigenvalue weighted by Crippen LogP contribution is -2.42. The van der Waals surface area contributed by atoms with Crippen LogP contribution in [0, 0.1) is 5.92 Å². The van der Waals surface area contributed by atoms with E-state index in [4.69, 9.17) is 4.74 Å². The van der Waals surface area contributed by atoms with E-state index in [1.54, 1.807) is 13.1 Å². The summed E-state index contributed by atoms with van der Waals surface area (Å²) in [4.78, 5) is 27.8. The second kappa shape index (κ2) is 8.29. The van der Waals surface area contributed by atoms with E-state index in [0.29, 0.717) is 30.6 Å². The smallest absolute Gasteiger partial charge is 0.261 e. The molecule has 1 spiro atoms. The van der Waals surface area contributed by atoms with Crippen LogP contribution >= 0.6 is 0 Å². The summed E-state index contributed by atoms with van der Waals surface area (Å²) in [6.45, 7) is 5.71. The number of ether oxygens (including phenoxy) is 1. The number of aliphatic hydroxyl groups excluding tert-OH is 1. The van der Waals surface area contributed by atoms with Crippen molar-refractivity contribution in [3.05, 3.63) is 23.8 Å². The minimum Gasteiger partial charge on any atom is -0.396 e. The lowest BCUT2D eigenvalue weighted by Gasteiger charge is -2.31. The topological polar surface area (TPSA) is 78.9 Å². The average molecular weight is 449 g/mol. The Hall–Kier alpha value is -1.77. The minimum absolute atomic E-state index is 0.0969. The van der Waals surface area contributed by atoms with Gasteiger partial charge in [0.1, 0.15) is 0 Å². The molecule has 0 bridgehead atoms. The second-order valence-electron chi connectivity index (χ2n) is 9.68. The molecule has 0 aliphatic carbocycles. The molecule has 3 aliphatic heterocycles. The summed E-state index contributed by atoms with van der Waals surface area (Å²) in [5.74, 6) is -0.565. The first-order valence-corrected chi connectivity index (χ1v) is 14.4. The predicted octanol–water partition coefficient (Wildman–Crippen LogP) is 4.09. The summed E-state index contributed by atoms with van der Waals surface area (Å²) in [7, 11) is -3.18. The molecule has 170 valence electrons. The third-order valence-electron chi connectivity index (χ3n) is 7.25. The van der Waals surface area contributed by atoms with Gasteiger partial charge < -0.3 is 24.2 Å². The number of anilines is 2. The normalized spacial score (nSPS) is 31.5. The molecule has 6 nitrogen and oxygen atoms in total. The van der Waals surface area contributed by atoms with Crippen LogP contribution in [0.15, 0.2) is 18.2 Å². The van der Waals surface area contributed by atoms with Gasteiger partial charge in [0.15, 0.2) is 5.60 Å². The summed E-state index contributed by atoms with van der Waals surface area (Å²) in [5.41, 5.74) is 0.389. The lowest BCUT2D eigenvalue weighted by atomic mass is 9.82. The largest absolute Gasteiger partial charge is 0.396 e. The molecule has 2 amide bonds. The molecule has 2 saturated heterocycles. The third kappa shape index (κ3) is 3.72. The average Bonchev–Trinajstić information content (AvgIpc) is 3.13. The highest BCUT2D eigenvalue weighted by Crippen LogP contribution is 2.59. The van der Waals surface area contributed by atoms with Crippen LogP contribution in [0.4, 0.5) is 15.5 Å². The number of aliphatic hydroxyl groups is 1. The van der Waals surface area contributed by atoms with Gasteiger partial charge in [-0.25, -0.2) is 0 Å². The van der Waals surface area contributed by atoms with Gasteiger partial charge in [0.2, 0.25) is 14.3 Å². The molecule has 31 heavy (non-hydrogen) atoms. The number of nitrogens with zero attached hydrogens (tertiary/aromatic N) is 1. The minimum atomic E-state index is -3.18. The maximum Gasteiger partial charge on any atom is 0.261 e. The number of benzene rings is 1. The standard InChI is InChI=1S/C23H33FN2O4Si/c1-15-21(31(2,3)24)19(11-13-27)30-23(15)17-14-16(9-10-18(17)25-22(23)29)26-12-7-5-4-6-8-20(26)28/h9-10,14-15,19,21,27H,4-8,11-13H2,1-3H3,(H,25,29)/t15-,19+,21-,23+/m0/s1. The van der Waals surface area contributed by atoms with Crippen LogP contribution < -0.4 is 10.2 Å². The Kier molecular flexibility index (Phi) is 6.00. The molecular weight excluding hydrogens is 415 g/mol. The van der Waals surface area contributed by atoms with E-state index < -0.39 is 25.7 Å². The van der Waals surface area contributed by atoms with Crippen LogP contribution in [0.5, 0.6) is 0 Å². The number of fused-ring (bicyclic) bond motifs is 2. The highest BCUT2D eigenvalue weighted by molar-refractivity contribution is 6.72. The Morgan fingerprint density at radius 3 is 2.71 bits per heavy atom. The van der Waals surface area contributed by atoms with Crippen molar-refractivity contribution in [3.63, 3.8) is 0 Å². The monoisotopic (exact) mass is 448 g/mol. The molecule has 1 aromatic rings. The maximum absolute atomic E-state index is 15.4. The molecule has 4 rings (SSSR count). The fourth-order valence-electron chi connectivity index (χ4n) is 5.85. The summed E-state index contributed by atoms with van der Waals surface area (Å²) < 4.78 is 21.7. The van der Waals surface area contributed by atoms with Crippen molar-refractivity contribution in [2.24, 2.45) is 5.92 Å². The summed E-state index contributed by atoms with van der Waals surface area (Å²) >= 11 is 0. The molecule has 0 aromatic heterocycles. The first-order chi connectivity index (χ1) is 14.7. The predicted molar refractivity (Wildman–Crippen MR) is 120 cm³/mol. The van der Waals surface area contributed by atoms with Crippen molar-refractivity contribution in [2.75, 3.05) is 23.4 Å². The third-order valence-corrected chi connectivity index (χ3v) is 9.70. The van der Waals surface area contributed by atoms with Gasteiger partial charge in [-0.15, -0.1) is 0 Å². The van der Waals surface area contributed by atoms with Gasteiger partial charge >= 0.3 is 0 Å². The van der Waals surface area contributed by atoms with Gasteiger partial charge in [-0.2, -0.15) is 0 Å². The van der Waals surface area contributed by atoms with Crippen molar-refractivity contribution in [2.45, 2.75) is 75.8 Å². The Morgan fingerprint density at radius 2 is 2.00 bits per heavy atom. The van der Waals surface area contributed by atoms with Crippen LogP contribution in [0.3, 0.4) is 0 Å². The molecule has 8 heteroatoms. The number of nitrogens with one attached hydrogen (secondary N) is 1. The number of amides is 2. The van der Waals surface area contributed by atoms with E-state index in [1.165, 1.54) is 0 Å². The van der Waals surface area contributed by atoms with Crippen molar-refractivity contribution >= 4 is 31.6 Å². The van der Waals surface area contributed by atoms with Gasteiger partial charge in [-0.05, 0) is 50.6 Å². The van der Waals surface area contributed by atoms with Gasteiger partial charge in [0.05, 0.1) is 6.10 Å². The first kappa shape index (κ1) is 22.4. The van der Waals surface area contributed by atoms with Crippen LogP contribution in [0.1, 0.15) is 51.0 Å². The molecular formula is C23H33FN2O4Si. The maximum atomic E-state index is 15.4. The van der Waals surface area contributed by atoms with Gasteiger partial charge in [-0.1, -0.05) is 19.8 Å². The van der Waals surface area contributed by atoms with E-state index in [9.17, 15) is 14.7 Å². The van der Waals surface area contributed by atoms with Crippen molar-refractivity contribution in [3.8, 4) is 0 Å². The van der Waals surface area contributed by atoms with Crippen molar-refractivity contribution < 1.29 is 23.5 Å². The molecule has 2 fully saturated rings. The van der Waals surface area contributed by atoms with Crippen LogP contribution in [0.25, 0.3) is 0 Å². The number of rotatable bonds is 4. The Morgan fingerprint density at radius 1 is 1.26 bits per heavy atom. The Bertz CT molecular complexity index is 874. The molecule has 3 heterocycles. The Labute approximate surface area is 184 Å². The summed E-state index contributed by atoms with van der Waals surface area (Å²) in [6, 6.07) is 5.58. The Balaban J connectivity index is 1.76. The molecule has 2 N–H and O–H groups in total. The first-order valence-electron chi connectivity index (χ1n) is 11.4. The molecule has 0 unspecified atom stereocenters. The second-order valence-corrected chi connectivity index (χ2v) is 13.5. The fraction of sp³-hybridized carbons (Fsp3) is 0.652. The summed E-state index contributed by atoms with van der Waals surface area (Å²) in [6.07, 6.45) is 4.31. The van der Waals surface area contributed by atoms with E-state index >= 15 is 4.11 Å². The quantitative estimate of drug-likeness (QED) is 0.537. The van der Waals surface area contributed by atoms with E-state index in [0.717, 1.165) is 31.4 Å². The fourth-order valence-corrected chi connectivity index (χ4v) is 8.39. The zero-order chi connectivity index (χ0) is 22.4. The van der Waals surface area contributed by atoms with E-state index in [2.05, 4.69) is 5.32 Å². The lowest BCUT2D eigenvalue weighted by molar-refractivity contribution is -0.143. The molecule has 4 atom stereocenters. The zero-order valence-corrected chi connectivity index (χ0v) is 19.6. The molecule has 0 saturated carbocycles. The number of hydrogen-bond acceptors (Lipinski definition) is 4. The van der Waals surface area contributed by atoms with Gasteiger partial charge in [-0.3, -0.25) is 9.59 Å². The number of hydrogen-bond donors (Lipinski definition) is 2. The number of halogens is 1. The van der Waals surface area contributed by atoms with Crippen LogP contribution in [-0.4, -0.2) is 44.6 Å². The van der Waals surface area contributed by atoms with E-state index in [-0.39, 0.29) is 24.3 Å². The molecule has 3 aliphatic rings. The molecule has 1 aromatic carbocycles. The number of carbonyl (C=O) groups is 2. The van der Waals surface area contributed by atoms with Crippen molar-refractivity contribution in [1.29, 1.82) is 0 Å². The highest BCUT2D eigenvalue weighted by Gasteiger charge is 2.65. The highest BCUT2D eigenvalue weighted by atomic mass is 28.4. The summed E-state index contributed by atoms with van der Waals surface area (Å²) in [5, 5.41) is 12.5. The van der Waals surface area contributed by atoms with E-state index in [1.807, 2.05) is 30.0 Å². The van der Waals surface area contributed by atoms with Crippen molar-refractivity contribution in [1.82, 2.24) is 0 Å². The SMILES string of the molecule is C[C@H]1[C@H]([Si](C)(C)F)[C@@H](CCO)O[C@]12C(=O)Nc1ccc(N3CCCCCCC3=O)cc12. The number of carbonyl (C=O) groups excluding carboxylic acids is 2. The van der Waals surface area contributed by atoms with Gasteiger partial charge in [0, 0.05) is 48.0 Å². The molecule has 0 radical (unpaired) electrons. The zero-order valence-electron chi connectivity index (χ0n) is 18.6.